The van der Waals surface area contributed by atoms with Gasteiger partial charge in [0.1, 0.15) is 11.6 Å². The summed E-state index contributed by atoms with van der Waals surface area (Å²) in [5, 5.41) is 0. The summed E-state index contributed by atoms with van der Waals surface area (Å²) in [7, 11) is 0. The second kappa shape index (κ2) is 3.21. The molecule has 1 fully saturated rings. The lowest BCUT2D eigenvalue weighted by atomic mass is 9.91. The Balaban J connectivity index is 2.70. The van der Waals surface area contributed by atoms with Crippen LogP contribution in [0.5, 0.6) is 0 Å². The molecule has 1 rings (SSSR count). The van der Waals surface area contributed by atoms with Crippen LogP contribution in [0.25, 0.3) is 0 Å². The van der Waals surface area contributed by atoms with Gasteiger partial charge in [0.05, 0.1) is 6.42 Å². The summed E-state index contributed by atoms with van der Waals surface area (Å²) >= 11 is 0. The van der Waals surface area contributed by atoms with E-state index in [-0.39, 0.29) is 29.8 Å². The molecule has 1 aliphatic rings. The van der Waals surface area contributed by atoms with Crippen molar-refractivity contribution in [1.82, 2.24) is 0 Å². The van der Waals surface area contributed by atoms with Crippen molar-refractivity contribution in [2.75, 3.05) is 0 Å². The highest BCUT2D eigenvalue weighted by atomic mass is 16.2. The van der Waals surface area contributed by atoms with Crippen LogP contribution in [0, 0.1) is 11.8 Å². The molecular formula is C10H14O2. The molecular weight excluding hydrogens is 152 g/mol. The van der Waals surface area contributed by atoms with Gasteiger partial charge in [-0.3, -0.25) is 9.59 Å². The molecule has 0 amide bonds. The Morgan fingerprint density at radius 1 is 1.50 bits per heavy atom. The van der Waals surface area contributed by atoms with E-state index >= 15 is 0 Å². The topological polar surface area (TPSA) is 34.1 Å². The third-order valence-electron chi connectivity index (χ3n) is 2.44. The average molecular weight is 166 g/mol. The van der Waals surface area contributed by atoms with E-state index in [4.69, 9.17) is 0 Å². The summed E-state index contributed by atoms with van der Waals surface area (Å²) in [6.45, 7) is 7.47. The summed E-state index contributed by atoms with van der Waals surface area (Å²) in [5.41, 5.74) is 0.981. The molecule has 0 aromatic rings. The van der Waals surface area contributed by atoms with Crippen LogP contribution in [0.4, 0.5) is 0 Å². The first-order valence-corrected chi connectivity index (χ1v) is 4.22. The highest BCUT2D eigenvalue weighted by molar-refractivity contribution is 6.08. The zero-order valence-corrected chi connectivity index (χ0v) is 7.59. The quantitative estimate of drug-likeness (QED) is 0.462. The van der Waals surface area contributed by atoms with Crippen molar-refractivity contribution >= 4 is 11.6 Å². The Morgan fingerprint density at radius 2 is 2.08 bits per heavy atom. The maximum atomic E-state index is 11.3. The fraction of sp³-hybridized carbons (Fsp3) is 0.600. The molecule has 1 aliphatic carbocycles. The highest BCUT2D eigenvalue weighted by Crippen LogP contribution is 2.29. The largest absolute Gasteiger partial charge is 0.299 e. The summed E-state index contributed by atoms with van der Waals surface area (Å²) in [5.74, 6) is 0.00551. The molecule has 0 aromatic heterocycles. The SMILES string of the molecule is C=C(C)CC1C(=O)CC(=O)C1C. The maximum Gasteiger partial charge on any atom is 0.144 e. The normalized spacial score (nSPS) is 29.5. The Kier molecular flexibility index (Phi) is 2.46. The highest BCUT2D eigenvalue weighted by Gasteiger charge is 2.37. The summed E-state index contributed by atoms with van der Waals surface area (Å²) in [6.07, 6.45) is 0.810. The van der Waals surface area contributed by atoms with Gasteiger partial charge in [-0.2, -0.15) is 0 Å². The molecule has 0 saturated heterocycles. The molecule has 0 heterocycles. The lowest BCUT2D eigenvalue weighted by Crippen LogP contribution is -2.14. The first-order valence-electron chi connectivity index (χ1n) is 4.22. The smallest absolute Gasteiger partial charge is 0.144 e. The van der Waals surface area contributed by atoms with Crippen LogP contribution in [-0.2, 0) is 9.59 Å². The number of carbonyl (C=O) groups excluding carboxylic acids is 2. The minimum Gasteiger partial charge on any atom is -0.299 e. The molecule has 1 saturated carbocycles. The van der Waals surface area contributed by atoms with Gasteiger partial charge in [0.25, 0.3) is 0 Å². The molecule has 66 valence electrons. The number of Topliss-reactive ketones (excluding diaryl/α,β-unsaturated/α-hetero) is 2. The van der Waals surface area contributed by atoms with Gasteiger partial charge >= 0.3 is 0 Å². The van der Waals surface area contributed by atoms with Crippen molar-refractivity contribution in [1.29, 1.82) is 0 Å². The standard InChI is InChI=1S/C10H14O2/c1-6(2)4-8-7(3)9(11)5-10(8)12/h7-8H,1,4-5H2,2-3H3. The van der Waals surface area contributed by atoms with E-state index < -0.39 is 0 Å². The molecule has 0 N–H and O–H groups in total. The van der Waals surface area contributed by atoms with E-state index in [9.17, 15) is 9.59 Å². The fourth-order valence-corrected chi connectivity index (χ4v) is 1.63. The van der Waals surface area contributed by atoms with Gasteiger partial charge in [-0.25, -0.2) is 0 Å². The van der Waals surface area contributed by atoms with Crippen molar-refractivity contribution in [2.45, 2.75) is 26.7 Å². The molecule has 0 aromatic carbocycles. The Bertz CT molecular complexity index is 240. The number of ketones is 2. The zero-order chi connectivity index (χ0) is 9.30. The molecule has 0 radical (unpaired) electrons. The fourth-order valence-electron chi connectivity index (χ4n) is 1.63. The summed E-state index contributed by atoms with van der Waals surface area (Å²) in [6, 6.07) is 0. The van der Waals surface area contributed by atoms with Crippen LogP contribution in [-0.4, -0.2) is 11.6 Å². The molecule has 2 unspecified atom stereocenters. The number of carbonyl (C=O) groups is 2. The van der Waals surface area contributed by atoms with Crippen LogP contribution < -0.4 is 0 Å². The lowest BCUT2D eigenvalue weighted by molar-refractivity contribution is -0.122. The van der Waals surface area contributed by atoms with Crippen LogP contribution >= 0.6 is 0 Å². The van der Waals surface area contributed by atoms with Crippen molar-refractivity contribution in [3.05, 3.63) is 12.2 Å². The van der Waals surface area contributed by atoms with Gasteiger partial charge < -0.3 is 0 Å². The minimum absolute atomic E-state index is 0.0880. The summed E-state index contributed by atoms with van der Waals surface area (Å²) in [4.78, 5) is 22.4. The maximum absolute atomic E-state index is 11.3. The Labute approximate surface area is 72.7 Å². The number of hydrogen-bond acceptors (Lipinski definition) is 2. The molecule has 0 aliphatic heterocycles. The van der Waals surface area contributed by atoms with E-state index in [2.05, 4.69) is 6.58 Å². The second-order valence-corrected chi connectivity index (χ2v) is 3.67. The van der Waals surface area contributed by atoms with Gasteiger partial charge in [-0.15, -0.1) is 6.58 Å². The second-order valence-electron chi connectivity index (χ2n) is 3.67. The van der Waals surface area contributed by atoms with Gasteiger partial charge in [-0.05, 0) is 13.3 Å². The first kappa shape index (κ1) is 9.17. The van der Waals surface area contributed by atoms with E-state index in [0.29, 0.717) is 6.42 Å². The van der Waals surface area contributed by atoms with Crippen LogP contribution in [0.3, 0.4) is 0 Å². The average Bonchev–Trinajstić information content (AvgIpc) is 2.16. The first-order chi connectivity index (χ1) is 5.52. The van der Waals surface area contributed by atoms with Crippen molar-refractivity contribution < 1.29 is 9.59 Å². The third kappa shape index (κ3) is 1.63. The molecule has 2 atom stereocenters. The number of allylic oxidation sites excluding steroid dienone is 1. The van der Waals surface area contributed by atoms with Crippen LogP contribution in [0.2, 0.25) is 0 Å². The molecule has 2 heteroatoms. The summed E-state index contributed by atoms with van der Waals surface area (Å²) < 4.78 is 0. The van der Waals surface area contributed by atoms with Crippen LogP contribution in [0.15, 0.2) is 12.2 Å². The minimum atomic E-state index is -0.0887. The predicted molar refractivity (Wildman–Crippen MR) is 46.7 cm³/mol. The molecule has 0 bridgehead atoms. The number of hydrogen-bond donors (Lipinski definition) is 0. The number of rotatable bonds is 2. The zero-order valence-electron chi connectivity index (χ0n) is 7.59. The van der Waals surface area contributed by atoms with Crippen molar-refractivity contribution in [3.8, 4) is 0 Å². The Morgan fingerprint density at radius 3 is 2.42 bits per heavy atom. The predicted octanol–water partition coefficient (Wildman–Crippen LogP) is 1.75. The van der Waals surface area contributed by atoms with Crippen molar-refractivity contribution in [3.63, 3.8) is 0 Å². The molecule has 0 spiro atoms. The molecule has 12 heavy (non-hydrogen) atoms. The van der Waals surface area contributed by atoms with Gasteiger partial charge in [0, 0.05) is 11.8 Å². The van der Waals surface area contributed by atoms with E-state index in [1.807, 2.05) is 13.8 Å². The van der Waals surface area contributed by atoms with Gasteiger partial charge in [0.2, 0.25) is 0 Å². The van der Waals surface area contributed by atoms with E-state index in [0.717, 1.165) is 5.57 Å². The third-order valence-corrected chi connectivity index (χ3v) is 2.44. The molecule has 2 nitrogen and oxygen atoms in total. The van der Waals surface area contributed by atoms with Crippen LogP contribution in [0.1, 0.15) is 26.7 Å². The van der Waals surface area contributed by atoms with E-state index in [1.165, 1.54) is 0 Å². The Hall–Kier alpha value is -0.920. The lowest BCUT2D eigenvalue weighted by Gasteiger charge is -2.11. The van der Waals surface area contributed by atoms with Gasteiger partial charge in [0.15, 0.2) is 0 Å². The van der Waals surface area contributed by atoms with Gasteiger partial charge in [-0.1, -0.05) is 12.5 Å². The van der Waals surface area contributed by atoms with Crippen molar-refractivity contribution in [2.24, 2.45) is 11.8 Å². The van der Waals surface area contributed by atoms with E-state index in [1.54, 1.807) is 0 Å². The monoisotopic (exact) mass is 166 g/mol.